The Labute approximate surface area is 93.0 Å². The topological polar surface area (TPSA) is 26.3 Å². The molecule has 0 radical (unpaired) electrons. The van der Waals surface area contributed by atoms with Gasteiger partial charge in [0, 0.05) is 0 Å². The summed E-state index contributed by atoms with van der Waals surface area (Å²) in [6.45, 7) is 9.70. The van der Waals surface area contributed by atoms with Gasteiger partial charge in [-0.05, 0) is 40.0 Å². The van der Waals surface area contributed by atoms with Gasteiger partial charge in [0.2, 0.25) is 0 Å². The maximum atomic E-state index is 11.4. The van der Waals surface area contributed by atoms with Crippen LogP contribution in [0.15, 0.2) is 24.8 Å². The fourth-order valence-corrected chi connectivity index (χ4v) is 0.938. The van der Waals surface area contributed by atoms with Crippen molar-refractivity contribution in [2.24, 2.45) is 5.41 Å². The van der Waals surface area contributed by atoms with E-state index < -0.39 is 0 Å². The smallest absolute Gasteiger partial charge is 0.311 e. The minimum Gasteiger partial charge on any atom is -0.465 e. The highest BCUT2D eigenvalue weighted by Gasteiger charge is 2.22. The van der Waals surface area contributed by atoms with Crippen molar-refractivity contribution in [1.82, 2.24) is 0 Å². The quantitative estimate of drug-likeness (QED) is 0.381. The molecule has 0 rings (SSSR count). The molecule has 0 fully saturated rings. The molecule has 0 N–H and O–H groups in total. The zero-order chi connectivity index (χ0) is 11.7. The molecule has 0 aliphatic rings. The third kappa shape index (κ3) is 7.98. The molecular weight excluding hydrogens is 188 g/mol. The highest BCUT2D eigenvalue weighted by molar-refractivity contribution is 5.75. The van der Waals surface area contributed by atoms with Gasteiger partial charge in [-0.1, -0.05) is 24.8 Å². The van der Waals surface area contributed by atoms with Crippen molar-refractivity contribution < 1.29 is 9.53 Å². The Bertz CT molecular complexity index is 221. The van der Waals surface area contributed by atoms with Crippen LogP contribution in [0, 0.1) is 5.41 Å². The van der Waals surface area contributed by atoms with Crippen LogP contribution >= 0.6 is 0 Å². The lowest BCUT2D eigenvalue weighted by Crippen LogP contribution is -2.23. The maximum Gasteiger partial charge on any atom is 0.311 e. The number of rotatable bonds is 6. The molecular formula is C13H22O2. The predicted octanol–water partition coefficient (Wildman–Crippen LogP) is 3.49. The largest absolute Gasteiger partial charge is 0.465 e. The molecule has 0 aromatic heterocycles. The first-order valence-electron chi connectivity index (χ1n) is 5.43. The van der Waals surface area contributed by atoms with E-state index in [4.69, 9.17) is 4.74 Å². The Balaban J connectivity index is 3.43. The molecule has 86 valence electrons. The molecule has 0 saturated carbocycles. The number of unbranched alkanes of at least 4 members (excludes halogenated alkanes) is 2. The Morgan fingerprint density at radius 1 is 1.33 bits per heavy atom. The van der Waals surface area contributed by atoms with Crippen molar-refractivity contribution in [3.8, 4) is 0 Å². The molecule has 2 nitrogen and oxygen atoms in total. The Morgan fingerprint density at radius 3 is 2.53 bits per heavy atom. The third-order valence-electron chi connectivity index (χ3n) is 1.88. The van der Waals surface area contributed by atoms with Gasteiger partial charge in [0.15, 0.2) is 0 Å². The van der Waals surface area contributed by atoms with Gasteiger partial charge in [0.05, 0.1) is 12.0 Å². The highest BCUT2D eigenvalue weighted by Crippen LogP contribution is 2.15. The van der Waals surface area contributed by atoms with Crippen LogP contribution in [0.5, 0.6) is 0 Å². The minimum atomic E-state index is -0.386. The van der Waals surface area contributed by atoms with Gasteiger partial charge in [-0.2, -0.15) is 0 Å². The number of ether oxygens (including phenoxy) is 1. The molecule has 0 aliphatic heterocycles. The number of carbonyl (C=O) groups is 1. The summed E-state index contributed by atoms with van der Waals surface area (Å²) in [4.78, 5) is 11.4. The van der Waals surface area contributed by atoms with E-state index in [1.54, 1.807) is 6.08 Å². The van der Waals surface area contributed by atoms with Gasteiger partial charge < -0.3 is 4.74 Å². The van der Waals surface area contributed by atoms with Crippen LogP contribution in [-0.4, -0.2) is 12.6 Å². The second-order valence-electron chi connectivity index (χ2n) is 4.55. The lowest BCUT2D eigenvalue weighted by Gasteiger charge is -2.16. The van der Waals surface area contributed by atoms with Crippen LogP contribution in [-0.2, 0) is 9.53 Å². The van der Waals surface area contributed by atoms with Crippen molar-refractivity contribution in [1.29, 1.82) is 0 Å². The van der Waals surface area contributed by atoms with E-state index in [1.807, 2.05) is 26.8 Å². The number of hydrogen-bond donors (Lipinski definition) is 0. The van der Waals surface area contributed by atoms with Crippen LogP contribution in [0.2, 0.25) is 0 Å². The van der Waals surface area contributed by atoms with Crippen molar-refractivity contribution in [3.63, 3.8) is 0 Å². The molecule has 0 atom stereocenters. The van der Waals surface area contributed by atoms with E-state index in [0.29, 0.717) is 6.61 Å². The first kappa shape index (κ1) is 13.9. The molecule has 0 aromatic carbocycles. The van der Waals surface area contributed by atoms with Gasteiger partial charge >= 0.3 is 5.97 Å². The first-order valence-corrected chi connectivity index (χ1v) is 5.43. The molecule has 0 saturated heterocycles. The normalized spacial score (nSPS) is 11.7. The summed E-state index contributed by atoms with van der Waals surface area (Å²) in [5, 5.41) is 0. The number of hydrogen-bond acceptors (Lipinski definition) is 2. The summed E-state index contributed by atoms with van der Waals surface area (Å²) in [6, 6.07) is 0. The van der Waals surface area contributed by atoms with Crippen LogP contribution in [0.3, 0.4) is 0 Å². The standard InChI is InChI=1S/C13H22O2/c1-5-6-7-8-9-10-11-15-12(14)13(2,3)4/h5-7H,1,8-11H2,2-4H3/b7-6+. The maximum absolute atomic E-state index is 11.4. The second-order valence-corrected chi connectivity index (χ2v) is 4.55. The van der Waals surface area contributed by atoms with Gasteiger partial charge in [-0.25, -0.2) is 0 Å². The lowest BCUT2D eigenvalue weighted by molar-refractivity contribution is -0.153. The summed E-state index contributed by atoms with van der Waals surface area (Å²) in [7, 11) is 0. The van der Waals surface area contributed by atoms with Gasteiger partial charge in [-0.3, -0.25) is 4.79 Å². The lowest BCUT2D eigenvalue weighted by atomic mass is 9.97. The molecule has 15 heavy (non-hydrogen) atoms. The predicted molar refractivity (Wildman–Crippen MR) is 63.6 cm³/mol. The Hall–Kier alpha value is -1.05. The van der Waals surface area contributed by atoms with Crippen LogP contribution in [0.4, 0.5) is 0 Å². The van der Waals surface area contributed by atoms with Crippen molar-refractivity contribution in [2.75, 3.05) is 6.61 Å². The minimum absolute atomic E-state index is 0.121. The van der Waals surface area contributed by atoms with E-state index >= 15 is 0 Å². The summed E-state index contributed by atoms with van der Waals surface area (Å²) >= 11 is 0. The van der Waals surface area contributed by atoms with Gasteiger partial charge in [0.1, 0.15) is 0 Å². The summed E-state index contributed by atoms with van der Waals surface area (Å²) in [5.41, 5.74) is -0.386. The van der Waals surface area contributed by atoms with Crippen LogP contribution < -0.4 is 0 Å². The van der Waals surface area contributed by atoms with Crippen molar-refractivity contribution in [2.45, 2.75) is 40.0 Å². The zero-order valence-corrected chi connectivity index (χ0v) is 10.1. The summed E-state index contributed by atoms with van der Waals surface area (Å²) in [6.07, 6.45) is 8.74. The van der Waals surface area contributed by atoms with E-state index in [2.05, 4.69) is 12.7 Å². The van der Waals surface area contributed by atoms with E-state index in [-0.39, 0.29) is 11.4 Å². The molecule has 0 amide bonds. The number of carbonyl (C=O) groups excluding carboxylic acids is 1. The van der Waals surface area contributed by atoms with Crippen molar-refractivity contribution >= 4 is 5.97 Å². The highest BCUT2D eigenvalue weighted by atomic mass is 16.5. The van der Waals surface area contributed by atoms with Crippen LogP contribution in [0.1, 0.15) is 40.0 Å². The van der Waals surface area contributed by atoms with Crippen LogP contribution in [0.25, 0.3) is 0 Å². The van der Waals surface area contributed by atoms with Gasteiger partial charge in [0.25, 0.3) is 0 Å². The average molecular weight is 210 g/mol. The molecule has 0 spiro atoms. The Kier molecular flexibility index (Phi) is 6.76. The fourth-order valence-electron chi connectivity index (χ4n) is 0.938. The molecule has 0 aromatic rings. The zero-order valence-electron chi connectivity index (χ0n) is 10.1. The SMILES string of the molecule is C=C/C=C/CCCCOC(=O)C(C)(C)C. The molecule has 0 unspecified atom stereocenters. The number of esters is 1. The Morgan fingerprint density at radius 2 is 2.00 bits per heavy atom. The molecule has 0 heterocycles. The monoisotopic (exact) mass is 210 g/mol. The fraction of sp³-hybridized carbons (Fsp3) is 0.615. The van der Waals surface area contributed by atoms with E-state index in [0.717, 1.165) is 19.3 Å². The summed E-state index contributed by atoms with van der Waals surface area (Å²) in [5.74, 6) is -0.121. The molecule has 0 bridgehead atoms. The molecule has 0 aliphatic carbocycles. The number of allylic oxidation sites excluding steroid dienone is 3. The molecule has 2 heteroatoms. The van der Waals surface area contributed by atoms with E-state index in [1.165, 1.54) is 0 Å². The van der Waals surface area contributed by atoms with E-state index in [9.17, 15) is 4.79 Å². The third-order valence-corrected chi connectivity index (χ3v) is 1.88. The second kappa shape index (κ2) is 7.27. The summed E-state index contributed by atoms with van der Waals surface area (Å²) < 4.78 is 5.13. The first-order chi connectivity index (χ1) is 6.98. The van der Waals surface area contributed by atoms with Crippen molar-refractivity contribution in [3.05, 3.63) is 24.8 Å². The van der Waals surface area contributed by atoms with Gasteiger partial charge in [-0.15, -0.1) is 0 Å². The average Bonchev–Trinajstić information content (AvgIpc) is 2.14.